The zero-order valence-electron chi connectivity index (χ0n) is 7.82. The van der Waals surface area contributed by atoms with Gasteiger partial charge in [0, 0.05) is 0 Å². The maximum absolute atomic E-state index is 5.73. The molecule has 0 amide bonds. The van der Waals surface area contributed by atoms with E-state index in [9.17, 15) is 0 Å². The van der Waals surface area contributed by atoms with Crippen molar-refractivity contribution in [1.82, 2.24) is 0 Å². The summed E-state index contributed by atoms with van der Waals surface area (Å²) in [5, 5.41) is 0. The Morgan fingerprint density at radius 2 is 1.92 bits per heavy atom. The molecule has 0 N–H and O–H groups in total. The maximum atomic E-state index is 5.73. The normalized spacial score (nSPS) is 28.7. The molecule has 1 aromatic rings. The highest BCUT2D eigenvalue weighted by Crippen LogP contribution is 2.27. The molecule has 0 saturated carbocycles. The second kappa shape index (κ2) is 3.48. The SMILES string of the molecule is CC1(c2ccccc2)COCCO1. The summed E-state index contributed by atoms with van der Waals surface area (Å²) in [6, 6.07) is 10.2. The van der Waals surface area contributed by atoms with Gasteiger partial charge in [0.05, 0.1) is 19.8 Å². The zero-order chi connectivity index (χ0) is 9.15. The first-order valence-corrected chi connectivity index (χ1v) is 4.58. The molecule has 2 rings (SSSR count). The first kappa shape index (κ1) is 8.73. The van der Waals surface area contributed by atoms with Gasteiger partial charge in [0.2, 0.25) is 0 Å². The largest absolute Gasteiger partial charge is 0.376 e. The molecule has 1 atom stereocenters. The molecule has 1 heterocycles. The van der Waals surface area contributed by atoms with E-state index in [1.165, 1.54) is 5.56 Å². The third-order valence-corrected chi connectivity index (χ3v) is 2.41. The summed E-state index contributed by atoms with van der Waals surface area (Å²) in [6.45, 7) is 4.12. The van der Waals surface area contributed by atoms with Gasteiger partial charge in [0.25, 0.3) is 0 Å². The molecule has 0 bridgehead atoms. The van der Waals surface area contributed by atoms with Gasteiger partial charge in [-0.3, -0.25) is 0 Å². The zero-order valence-corrected chi connectivity index (χ0v) is 7.82. The molecule has 1 aliphatic heterocycles. The van der Waals surface area contributed by atoms with E-state index in [2.05, 4.69) is 19.1 Å². The summed E-state index contributed by atoms with van der Waals surface area (Å²) in [5.74, 6) is 0. The van der Waals surface area contributed by atoms with Crippen molar-refractivity contribution in [2.75, 3.05) is 19.8 Å². The van der Waals surface area contributed by atoms with Gasteiger partial charge >= 0.3 is 0 Å². The van der Waals surface area contributed by atoms with E-state index in [-0.39, 0.29) is 5.60 Å². The third kappa shape index (κ3) is 1.74. The van der Waals surface area contributed by atoms with E-state index in [4.69, 9.17) is 9.47 Å². The topological polar surface area (TPSA) is 18.5 Å². The van der Waals surface area contributed by atoms with Crippen LogP contribution in [0.25, 0.3) is 0 Å². The lowest BCUT2D eigenvalue weighted by molar-refractivity contribution is -0.152. The molecular weight excluding hydrogens is 164 g/mol. The van der Waals surface area contributed by atoms with Crippen LogP contribution in [-0.2, 0) is 15.1 Å². The molecule has 0 radical (unpaired) electrons. The van der Waals surface area contributed by atoms with Gasteiger partial charge in [-0.05, 0) is 12.5 Å². The fourth-order valence-corrected chi connectivity index (χ4v) is 1.59. The van der Waals surface area contributed by atoms with Gasteiger partial charge in [0.1, 0.15) is 5.60 Å². The second-order valence-electron chi connectivity index (χ2n) is 3.50. The molecule has 0 spiro atoms. The molecule has 1 aliphatic rings. The van der Waals surface area contributed by atoms with Gasteiger partial charge in [-0.25, -0.2) is 0 Å². The minimum absolute atomic E-state index is 0.250. The van der Waals surface area contributed by atoms with Crippen molar-refractivity contribution in [2.45, 2.75) is 12.5 Å². The lowest BCUT2D eigenvalue weighted by atomic mass is 9.96. The van der Waals surface area contributed by atoms with Crippen LogP contribution in [0.2, 0.25) is 0 Å². The van der Waals surface area contributed by atoms with E-state index in [1.54, 1.807) is 0 Å². The summed E-state index contributed by atoms with van der Waals surface area (Å²) < 4.78 is 11.1. The van der Waals surface area contributed by atoms with Crippen molar-refractivity contribution in [1.29, 1.82) is 0 Å². The van der Waals surface area contributed by atoms with Crippen LogP contribution in [0.5, 0.6) is 0 Å². The highest BCUT2D eigenvalue weighted by atomic mass is 16.6. The Hall–Kier alpha value is -0.860. The van der Waals surface area contributed by atoms with E-state index >= 15 is 0 Å². The summed E-state index contributed by atoms with van der Waals surface area (Å²) in [4.78, 5) is 0. The molecule has 1 unspecified atom stereocenters. The predicted molar refractivity (Wildman–Crippen MR) is 50.6 cm³/mol. The Kier molecular flexibility index (Phi) is 2.34. The third-order valence-electron chi connectivity index (χ3n) is 2.41. The standard InChI is InChI=1S/C11H14O2/c1-11(9-12-7-8-13-11)10-5-3-2-4-6-10/h2-6H,7-9H2,1H3. The number of hydrogen-bond donors (Lipinski definition) is 0. The lowest BCUT2D eigenvalue weighted by Gasteiger charge is -2.34. The smallest absolute Gasteiger partial charge is 0.114 e. The molecule has 1 aromatic carbocycles. The van der Waals surface area contributed by atoms with Crippen molar-refractivity contribution in [3.63, 3.8) is 0 Å². The molecule has 0 aromatic heterocycles. The van der Waals surface area contributed by atoms with Crippen LogP contribution in [0, 0.1) is 0 Å². The van der Waals surface area contributed by atoms with Crippen molar-refractivity contribution >= 4 is 0 Å². The average Bonchev–Trinajstić information content (AvgIpc) is 2.20. The monoisotopic (exact) mass is 178 g/mol. The summed E-state index contributed by atoms with van der Waals surface area (Å²) in [6.07, 6.45) is 0. The van der Waals surface area contributed by atoms with Gasteiger partial charge in [-0.15, -0.1) is 0 Å². The summed E-state index contributed by atoms with van der Waals surface area (Å²) in [5.41, 5.74) is 0.939. The number of hydrogen-bond acceptors (Lipinski definition) is 2. The number of rotatable bonds is 1. The van der Waals surface area contributed by atoms with Crippen LogP contribution >= 0.6 is 0 Å². The summed E-state index contributed by atoms with van der Waals surface area (Å²) in [7, 11) is 0. The first-order chi connectivity index (χ1) is 6.31. The van der Waals surface area contributed by atoms with Gasteiger partial charge in [0.15, 0.2) is 0 Å². The quantitative estimate of drug-likeness (QED) is 0.654. The molecule has 1 fully saturated rings. The van der Waals surface area contributed by atoms with E-state index in [0.717, 1.165) is 0 Å². The molecular formula is C11H14O2. The highest BCUT2D eigenvalue weighted by molar-refractivity contribution is 5.22. The van der Waals surface area contributed by atoms with Gasteiger partial charge in [-0.2, -0.15) is 0 Å². The minimum Gasteiger partial charge on any atom is -0.376 e. The van der Waals surface area contributed by atoms with E-state index in [1.807, 2.05) is 18.2 Å². The van der Waals surface area contributed by atoms with Gasteiger partial charge < -0.3 is 9.47 Å². The van der Waals surface area contributed by atoms with Crippen LogP contribution in [0.3, 0.4) is 0 Å². The number of benzene rings is 1. The molecule has 13 heavy (non-hydrogen) atoms. The molecule has 70 valence electrons. The van der Waals surface area contributed by atoms with Crippen molar-refractivity contribution in [3.05, 3.63) is 35.9 Å². The van der Waals surface area contributed by atoms with Gasteiger partial charge in [-0.1, -0.05) is 30.3 Å². The van der Waals surface area contributed by atoms with E-state index < -0.39 is 0 Å². The van der Waals surface area contributed by atoms with Crippen molar-refractivity contribution in [2.24, 2.45) is 0 Å². The Balaban J connectivity index is 2.23. The molecule has 1 saturated heterocycles. The Morgan fingerprint density at radius 1 is 1.15 bits per heavy atom. The predicted octanol–water partition coefficient (Wildman–Crippen LogP) is 1.95. The minimum atomic E-state index is -0.250. The van der Waals surface area contributed by atoms with Crippen LogP contribution < -0.4 is 0 Å². The lowest BCUT2D eigenvalue weighted by Crippen LogP contribution is -2.37. The molecule has 0 aliphatic carbocycles. The molecule has 2 heteroatoms. The van der Waals surface area contributed by atoms with E-state index in [0.29, 0.717) is 19.8 Å². The van der Waals surface area contributed by atoms with Crippen molar-refractivity contribution in [3.8, 4) is 0 Å². The average molecular weight is 178 g/mol. The van der Waals surface area contributed by atoms with Crippen molar-refractivity contribution < 1.29 is 9.47 Å². The Labute approximate surface area is 78.5 Å². The maximum Gasteiger partial charge on any atom is 0.114 e. The molecule has 2 nitrogen and oxygen atoms in total. The Bertz CT molecular complexity index is 263. The fourth-order valence-electron chi connectivity index (χ4n) is 1.59. The number of ether oxygens (including phenoxy) is 2. The highest BCUT2D eigenvalue weighted by Gasteiger charge is 2.30. The summed E-state index contributed by atoms with van der Waals surface area (Å²) >= 11 is 0. The van der Waals surface area contributed by atoms with Crippen LogP contribution in [-0.4, -0.2) is 19.8 Å². The van der Waals surface area contributed by atoms with Crippen LogP contribution in [0.15, 0.2) is 30.3 Å². The fraction of sp³-hybridized carbons (Fsp3) is 0.455. The van der Waals surface area contributed by atoms with Crippen LogP contribution in [0.1, 0.15) is 12.5 Å². The first-order valence-electron chi connectivity index (χ1n) is 4.58. The second-order valence-corrected chi connectivity index (χ2v) is 3.50. The Morgan fingerprint density at radius 3 is 2.54 bits per heavy atom. The van der Waals surface area contributed by atoms with Crippen LogP contribution in [0.4, 0.5) is 0 Å².